The smallest absolute Gasteiger partial charge is 0.263 e. The Bertz CT molecular complexity index is 1140. The van der Waals surface area contributed by atoms with Gasteiger partial charge in [0.25, 0.3) is 15.9 Å². The van der Waals surface area contributed by atoms with Crippen LogP contribution in [0.4, 0.5) is 5.13 Å². The monoisotopic (exact) mass is 448 g/mol. The standard InChI is InChI=1S/C19H20N4O5S2/c1-4-20-17(24)15-11-14(9-10-16(15)28-3)30(25,26)23-19-22-21-18(29-19)12-5-7-13(27-2)8-6-12/h5-11H,4H2,1-3H3,(H,20,24)(H,22,23). The summed E-state index contributed by atoms with van der Waals surface area (Å²) in [7, 11) is -1.00. The third kappa shape index (κ3) is 4.69. The van der Waals surface area contributed by atoms with Crippen LogP contribution in [0, 0.1) is 0 Å². The Kier molecular flexibility index (Phi) is 6.53. The first kappa shape index (κ1) is 21.5. The Morgan fingerprint density at radius 1 is 1.07 bits per heavy atom. The van der Waals surface area contributed by atoms with E-state index in [9.17, 15) is 13.2 Å². The summed E-state index contributed by atoms with van der Waals surface area (Å²) in [6, 6.07) is 11.2. The lowest BCUT2D eigenvalue weighted by Crippen LogP contribution is -2.24. The molecule has 1 aromatic heterocycles. The van der Waals surface area contributed by atoms with Crippen LogP contribution in [-0.2, 0) is 10.0 Å². The first-order valence-corrected chi connectivity index (χ1v) is 11.1. The Balaban J connectivity index is 1.85. The predicted octanol–water partition coefficient (Wildman–Crippen LogP) is 2.77. The number of amides is 1. The highest BCUT2D eigenvalue weighted by Gasteiger charge is 2.21. The molecule has 0 aliphatic carbocycles. The van der Waals surface area contributed by atoms with Crippen molar-refractivity contribution < 1.29 is 22.7 Å². The number of sulfonamides is 1. The number of carbonyl (C=O) groups excluding carboxylic acids is 1. The molecule has 0 bridgehead atoms. The molecule has 0 aliphatic heterocycles. The van der Waals surface area contributed by atoms with Gasteiger partial charge in [-0.3, -0.25) is 9.52 Å². The van der Waals surface area contributed by atoms with E-state index in [4.69, 9.17) is 9.47 Å². The Morgan fingerprint density at radius 2 is 1.80 bits per heavy atom. The predicted molar refractivity (Wildman–Crippen MR) is 114 cm³/mol. The van der Waals surface area contributed by atoms with Crippen LogP contribution in [0.2, 0.25) is 0 Å². The van der Waals surface area contributed by atoms with E-state index in [1.54, 1.807) is 38.3 Å². The normalized spacial score (nSPS) is 11.0. The zero-order valence-corrected chi connectivity index (χ0v) is 18.1. The lowest BCUT2D eigenvalue weighted by molar-refractivity contribution is 0.0952. The van der Waals surface area contributed by atoms with Crippen molar-refractivity contribution >= 4 is 32.4 Å². The van der Waals surface area contributed by atoms with E-state index in [-0.39, 0.29) is 21.3 Å². The summed E-state index contributed by atoms with van der Waals surface area (Å²) in [5, 5.41) is 11.2. The highest BCUT2D eigenvalue weighted by atomic mass is 32.2. The van der Waals surface area contributed by atoms with Crippen molar-refractivity contribution in [3.05, 3.63) is 48.0 Å². The lowest BCUT2D eigenvalue weighted by atomic mass is 10.2. The number of nitrogens with zero attached hydrogens (tertiary/aromatic N) is 2. The second kappa shape index (κ2) is 9.09. The van der Waals surface area contributed by atoms with E-state index < -0.39 is 15.9 Å². The SMILES string of the molecule is CCNC(=O)c1cc(S(=O)(=O)Nc2nnc(-c3ccc(OC)cc3)s2)ccc1OC. The molecule has 1 heterocycles. The van der Waals surface area contributed by atoms with Gasteiger partial charge in [0.05, 0.1) is 24.7 Å². The Labute approximate surface area is 178 Å². The number of nitrogens with one attached hydrogen (secondary N) is 2. The van der Waals surface area contributed by atoms with Gasteiger partial charge in [0, 0.05) is 12.1 Å². The van der Waals surface area contributed by atoms with Crippen LogP contribution in [-0.4, -0.2) is 45.3 Å². The second-order valence-corrected chi connectivity index (χ2v) is 8.63. The van der Waals surface area contributed by atoms with Crippen molar-refractivity contribution in [1.29, 1.82) is 0 Å². The molecule has 0 atom stereocenters. The highest BCUT2D eigenvalue weighted by molar-refractivity contribution is 7.93. The number of rotatable bonds is 8. The van der Waals surface area contributed by atoms with E-state index in [1.165, 1.54) is 25.3 Å². The number of carbonyl (C=O) groups is 1. The van der Waals surface area contributed by atoms with Gasteiger partial charge < -0.3 is 14.8 Å². The molecule has 9 nitrogen and oxygen atoms in total. The first-order chi connectivity index (χ1) is 14.4. The summed E-state index contributed by atoms with van der Waals surface area (Å²) in [6.07, 6.45) is 0. The van der Waals surface area contributed by atoms with Gasteiger partial charge in [0.1, 0.15) is 16.5 Å². The number of hydrogen-bond donors (Lipinski definition) is 2. The van der Waals surface area contributed by atoms with Crippen LogP contribution < -0.4 is 19.5 Å². The van der Waals surface area contributed by atoms with E-state index in [1.807, 2.05) is 0 Å². The molecule has 0 aliphatic rings. The quantitative estimate of drug-likeness (QED) is 0.544. The van der Waals surface area contributed by atoms with Gasteiger partial charge in [-0.15, -0.1) is 10.2 Å². The topological polar surface area (TPSA) is 120 Å². The third-order valence-corrected chi connectivity index (χ3v) is 6.40. The van der Waals surface area contributed by atoms with Crippen molar-refractivity contribution in [1.82, 2.24) is 15.5 Å². The minimum absolute atomic E-state index is 0.0919. The lowest BCUT2D eigenvalue weighted by Gasteiger charge is -2.11. The van der Waals surface area contributed by atoms with Gasteiger partial charge in [-0.2, -0.15) is 0 Å². The fourth-order valence-corrected chi connectivity index (χ4v) is 4.58. The molecule has 30 heavy (non-hydrogen) atoms. The molecule has 2 N–H and O–H groups in total. The van der Waals surface area contributed by atoms with Crippen LogP contribution >= 0.6 is 11.3 Å². The zero-order chi connectivity index (χ0) is 21.7. The summed E-state index contributed by atoms with van der Waals surface area (Å²) >= 11 is 1.09. The Hall–Kier alpha value is -3.18. The fraction of sp³-hybridized carbons (Fsp3) is 0.211. The maximum absolute atomic E-state index is 12.8. The molecule has 3 aromatic rings. The Morgan fingerprint density at radius 3 is 2.43 bits per heavy atom. The minimum atomic E-state index is -3.99. The van der Waals surface area contributed by atoms with E-state index in [0.29, 0.717) is 17.3 Å². The minimum Gasteiger partial charge on any atom is -0.497 e. The van der Waals surface area contributed by atoms with E-state index in [0.717, 1.165) is 16.9 Å². The molecular weight excluding hydrogens is 428 g/mol. The van der Waals surface area contributed by atoms with Crippen molar-refractivity contribution in [3.8, 4) is 22.1 Å². The molecule has 0 spiro atoms. The number of anilines is 1. The highest BCUT2D eigenvalue weighted by Crippen LogP contribution is 2.30. The van der Waals surface area contributed by atoms with Crippen LogP contribution in [0.3, 0.4) is 0 Å². The molecular formula is C19H20N4O5S2. The second-order valence-electron chi connectivity index (χ2n) is 5.97. The van der Waals surface area contributed by atoms with Crippen LogP contribution in [0.15, 0.2) is 47.4 Å². The summed E-state index contributed by atoms with van der Waals surface area (Å²) in [5.74, 6) is 0.549. The molecule has 0 radical (unpaired) electrons. The fourth-order valence-electron chi connectivity index (χ4n) is 2.58. The van der Waals surface area contributed by atoms with Crippen molar-refractivity contribution in [2.45, 2.75) is 11.8 Å². The van der Waals surface area contributed by atoms with E-state index in [2.05, 4.69) is 20.2 Å². The van der Waals surface area contributed by atoms with Crippen molar-refractivity contribution in [3.63, 3.8) is 0 Å². The summed E-state index contributed by atoms with van der Waals surface area (Å²) < 4.78 is 38.3. The number of aromatic nitrogens is 2. The molecule has 0 saturated carbocycles. The number of hydrogen-bond acceptors (Lipinski definition) is 8. The number of methoxy groups -OCH3 is 2. The molecule has 0 saturated heterocycles. The molecule has 1 amide bonds. The molecule has 0 unspecified atom stereocenters. The average Bonchev–Trinajstić information content (AvgIpc) is 3.21. The van der Waals surface area contributed by atoms with Gasteiger partial charge in [-0.25, -0.2) is 8.42 Å². The van der Waals surface area contributed by atoms with Gasteiger partial charge in [-0.05, 0) is 49.4 Å². The first-order valence-electron chi connectivity index (χ1n) is 8.85. The van der Waals surface area contributed by atoms with Crippen LogP contribution in [0.5, 0.6) is 11.5 Å². The summed E-state index contributed by atoms with van der Waals surface area (Å²) in [4.78, 5) is 12.1. The van der Waals surface area contributed by atoms with Gasteiger partial charge in [0.2, 0.25) is 5.13 Å². The maximum atomic E-state index is 12.8. The number of ether oxygens (including phenoxy) is 2. The summed E-state index contributed by atoms with van der Waals surface area (Å²) in [5.41, 5.74) is 0.903. The van der Waals surface area contributed by atoms with Crippen molar-refractivity contribution in [2.75, 3.05) is 25.5 Å². The van der Waals surface area contributed by atoms with Crippen LogP contribution in [0.1, 0.15) is 17.3 Å². The maximum Gasteiger partial charge on any atom is 0.263 e. The molecule has 11 heteroatoms. The van der Waals surface area contributed by atoms with Crippen molar-refractivity contribution in [2.24, 2.45) is 0 Å². The molecule has 2 aromatic carbocycles. The molecule has 3 rings (SSSR count). The zero-order valence-electron chi connectivity index (χ0n) is 16.5. The third-order valence-electron chi connectivity index (χ3n) is 4.05. The van der Waals surface area contributed by atoms with E-state index >= 15 is 0 Å². The number of benzene rings is 2. The average molecular weight is 449 g/mol. The largest absolute Gasteiger partial charge is 0.497 e. The van der Waals surface area contributed by atoms with Gasteiger partial charge in [-0.1, -0.05) is 11.3 Å². The van der Waals surface area contributed by atoms with Gasteiger partial charge >= 0.3 is 0 Å². The summed E-state index contributed by atoms with van der Waals surface area (Å²) in [6.45, 7) is 2.17. The molecule has 158 valence electrons. The van der Waals surface area contributed by atoms with Gasteiger partial charge in [0.15, 0.2) is 0 Å². The van der Waals surface area contributed by atoms with Crippen LogP contribution in [0.25, 0.3) is 10.6 Å². The molecule has 0 fully saturated rings.